The maximum Gasteiger partial charge on any atom is 0.186 e. The average Bonchev–Trinajstić information content (AvgIpc) is 3.53. The summed E-state index contributed by atoms with van der Waals surface area (Å²) in [5.41, 5.74) is 4.14. The van der Waals surface area contributed by atoms with E-state index in [1.54, 1.807) is 6.33 Å². The highest BCUT2D eigenvalue weighted by molar-refractivity contribution is 6.31. The third kappa shape index (κ3) is 5.60. The Hall–Kier alpha value is -2.29. The van der Waals surface area contributed by atoms with Crippen molar-refractivity contribution in [3.05, 3.63) is 34.7 Å². The average molecular weight is 521 g/mol. The first kappa shape index (κ1) is 25.8. The monoisotopic (exact) mass is 519 g/mol. The molecule has 0 unspecified atom stereocenters. The van der Waals surface area contributed by atoms with Crippen LogP contribution in [0.1, 0.15) is 37.4 Å². The first-order chi connectivity index (χ1) is 16.6. The smallest absolute Gasteiger partial charge is 0.186 e. The van der Waals surface area contributed by atoms with E-state index in [0.29, 0.717) is 0 Å². The molecule has 2 fully saturated rings. The third-order valence-electron chi connectivity index (χ3n) is 7.05. The molecule has 0 atom stereocenters. The predicted octanol–water partition coefficient (Wildman–Crippen LogP) is 4.49. The molecule has 0 saturated carbocycles. The number of nitrogens with zero attached hydrogens (tertiary/aromatic N) is 6. The number of hydrogen-bond donors (Lipinski definition) is 1. The van der Waals surface area contributed by atoms with Gasteiger partial charge in [0, 0.05) is 54.7 Å². The number of benzene rings is 1. The maximum absolute atomic E-state index is 6.52. The largest absolute Gasteiger partial charge is 0.493 e. The number of aromatic amines is 1. The Morgan fingerprint density at radius 2 is 1.77 bits per heavy atom. The normalized spacial score (nSPS) is 16.7. The van der Waals surface area contributed by atoms with Crippen LogP contribution in [-0.4, -0.2) is 77.5 Å². The summed E-state index contributed by atoms with van der Waals surface area (Å²) in [6.45, 7) is 12.1. The van der Waals surface area contributed by atoms with E-state index in [9.17, 15) is 0 Å². The zero-order valence-corrected chi connectivity index (χ0v) is 22.2. The van der Waals surface area contributed by atoms with Gasteiger partial charge in [0.15, 0.2) is 5.65 Å². The summed E-state index contributed by atoms with van der Waals surface area (Å²) in [5, 5.41) is 9.23. The third-order valence-corrected chi connectivity index (χ3v) is 7.27. The molecule has 1 N–H and O–H groups in total. The molecule has 35 heavy (non-hydrogen) atoms. The quantitative estimate of drug-likeness (QED) is 0.439. The summed E-state index contributed by atoms with van der Waals surface area (Å²) >= 11 is 6.52. The topological polar surface area (TPSA) is 73.4 Å². The van der Waals surface area contributed by atoms with Gasteiger partial charge in [0.05, 0.1) is 12.0 Å². The van der Waals surface area contributed by atoms with Crippen molar-refractivity contribution in [3.8, 4) is 5.75 Å². The molecule has 0 radical (unpaired) electrons. The first-order valence-corrected chi connectivity index (χ1v) is 12.8. The van der Waals surface area contributed by atoms with E-state index in [1.807, 2.05) is 6.07 Å². The number of anilines is 2. The maximum atomic E-state index is 6.52. The molecule has 0 spiro atoms. The molecule has 2 aromatic heterocycles. The molecule has 2 saturated heterocycles. The number of H-pyrrole nitrogens is 1. The number of fused-ring (bicyclic) bond motifs is 1. The van der Waals surface area contributed by atoms with E-state index in [1.165, 1.54) is 25.9 Å². The van der Waals surface area contributed by atoms with Crippen molar-refractivity contribution in [1.82, 2.24) is 25.1 Å². The second-order valence-corrected chi connectivity index (χ2v) is 9.66. The predicted molar refractivity (Wildman–Crippen MR) is 145 cm³/mol. The van der Waals surface area contributed by atoms with Gasteiger partial charge in [-0.15, -0.1) is 12.4 Å². The van der Waals surface area contributed by atoms with Gasteiger partial charge in [-0.3, -0.25) is 5.10 Å². The zero-order valence-electron chi connectivity index (χ0n) is 20.6. The van der Waals surface area contributed by atoms with Crippen LogP contribution in [0, 0.1) is 6.92 Å². The number of aromatic nitrogens is 4. The van der Waals surface area contributed by atoms with Crippen LogP contribution < -0.4 is 14.5 Å². The lowest BCUT2D eigenvalue weighted by molar-refractivity contribution is 0.262. The van der Waals surface area contributed by atoms with Crippen molar-refractivity contribution in [3.63, 3.8) is 0 Å². The van der Waals surface area contributed by atoms with Crippen molar-refractivity contribution in [2.75, 3.05) is 62.2 Å². The number of rotatable bonds is 8. The van der Waals surface area contributed by atoms with Gasteiger partial charge in [-0.05, 0) is 57.8 Å². The van der Waals surface area contributed by atoms with E-state index in [-0.39, 0.29) is 12.4 Å². The van der Waals surface area contributed by atoms with Crippen LogP contribution in [0.2, 0.25) is 5.02 Å². The molecule has 2 aliphatic rings. The summed E-state index contributed by atoms with van der Waals surface area (Å²) < 4.78 is 6.19. The Bertz CT molecular complexity index is 1120. The van der Waals surface area contributed by atoms with Crippen LogP contribution in [0.5, 0.6) is 5.75 Å². The van der Waals surface area contributed by atoms with Gasteiger partial charge in [-0.2, -0.15) is 5.10 Å². The van der Waals surface area contributed by atoms with Gasteiger partial charge in [0.25, 0.3) is 0 Å². The minimum atomic E-state index is 0. The fourth-order valence-electron chi connectivity index (χ4n) is 5.15. The molecule has 4 heterocycles. The minimum absolute atomic E-state index is 0. The zero-order chi connectivity index (χ0) is 23.5. The van der Waals surface area contributed by atoms with Gasteiger partial charge in [0.2, 0.25) is 0 Å². The van der Waals surface area contributed by atoms with Crippen LogP contribution in [0.25, 0.3) is 11.0 Å². The highest BCUT2D eigenvalue weighted by atomic mass is 35.5. The van der Waals surface area contributed by atoms with Crippen LogP contribution in [0.15, 0.2) is 18.5 Å². The van der Waals surface area contributed by atoms with Crippen molar-refractivity contribution >= 4 is 46.5 Å². The molecular weight excluding hydrogens is 485 g/mol. The summed E-state index contributed by atoms with van der Waals surface area (Å²) in [5.74, 6) is 1.87. The van der Waals surface area contributed by atoms with Gasteiger partial charge in [-0.1, -0.05) is 18.5 Å². The number of piperazine rings is 1. The van der Waals surface area contributed by atoms with E-state index in [2.05, 4.69) is 54.8 Å². The molecule has 0 amide bonds. The van der Waals surface area contributed by atoms with Gasteiger partial charge in [-0.25, -0.2) is 9.97 Å². The minimum Gasteiger partial charge on any atom is -0.493 e. The Morgan fingerprint density at radius 3 is 2.51 bits per heavy atom. The van der Waals surface area contributed by atoms with Crippen LogP contribution in [-0.2, 0) is 6.42 Å². The molecule has 8 nitrogen and oxygen atoms in total. The summed E-state index contributed by atoms with van der Waals surface area (Å²) in [4.78, 5) is 16.2. The lowest BCUT2D eigenvalue weighted by Gasteiger charge is -2.37. The molecule has 0 bridgehead atoms. The van der Waals surface area contributed by atoms with Gasteiger partial charge >= 0.3 is 0 Å². The summed E-state index contributed by atoms with van der Waals surface area (Å²) in [6.07, 6.45) is 6.18. The number of halogens is 2. The van der Waals surface area contributed by atoms with Gasteiger partial charge in [0.1, 0.15) is 17.9 Å². The van der Waals surface area contributed by atoms with Crippen molar-refractivity contribution in [1.29, 1.82) is 0 Å². The number of aryl methyl sites for hydroxylation is 1. The van der Waals surface area contributed by atoms with Crippen LogP contribution in [0.4, 0.5) is 11.5 Å². The molecule has 2 aliphatic heterocycles. The van der Waals surface area contributed by atoms with Crippen molar-refractivity contribution < 1.29 is 4.74 Å². The molecule has 190 valence electrons. The Kier molecular flexibility index (Phi) is 8.57. The van der Waals surface area contributed by atoms with E-state index >= 15 is 0 Å². The van der Waals surface area contributed by atoms with E-state index in [4.69, 9.17) is 16.3 Å². The molecule has 0 aliphatic carbocycles. The first-order valence-electron chi connectivity index (χ1n) is 12.5. The number of likely N-dealkylation sites (tertiary alicyclic amines) is 1. The Morgan fingerprint density at radius 1 is 1.03 bits per heavy atom. The fourth-order valence-corrected chi connectivity index (χ4v) is 5.35. The molecule has 3 aromatic rings. The van der Waals surface area contributed by atoms with Gasteiger partial charge < -0.3 is 19.4 Å². The number of nitrogens with one attached hydrogen (secondary N) is 1. The van der Waals surface area contributed by atoms with Crippen LogP contribution in [0.3, 0.4) is 0 Å². The summed E-state index contributed by atoms with van der Waals surface area (Å²) in [7, 11) is 0. The van der Waals surface area contributed by atoms with Crippen molar-refractivity contribution in [2.24, 2.45) is 0 Å². The lowest BCUT2D eigenvalue weighted by Crippen LogP contribution is -2.47. The summed E-state index contributed by atoms with van der Waals surface area (Å²) in [6, 6.07) is 4.02. The van der Waals surface area contributed by atoms with Crippen molar-refractivity contribution in [2.45, 2.75) is 39.5 Å². The molecule has 5 rings (SSSR count). The fraction of sp³-hybridized carbons (Fsp3) is 0.560. The second-order valence-electron chi connectivity index (χ2n) is 9.22. The standard InChI is InChI=1S/C25H34ClN7O.ClH/c1-3-20-23-24(30-29-20)27-17-28-25(23)33-12-10-32(11-13-33)21-15-19(26)16-22(18(21)2)34-14-6-9-31-7-4-5-8-31;/h15-17H,3-14H2,1-2H3,(H,27,28,29,30);1H. The molecule has 1 aromatic carbocycles. The molecular formula is C25H35Cl2N7O. The van der Waals surface area contributed by atoms with E-state index in [0.717, 1.165) is 96.7 Å². The highest BCUT2D eigenvalue weighted by Crippen LogP contribution is 2.34. The van der Waals surface area contributed by atoms with Crippen LogP contribution >= 0.6 is 24.0 Å². The number of hydrogen-bond acceptors (Lipinski definition) is 7. The highest BCUT2D eigenvalue weighted by Gasteiger charge is 2.24. The number of ether oxygens (including phenoxy) is 1. The SMILES string of the molecule is CCc1[nH]nc2ncnc(N3CCN(c4cc(Cl)cc(OCCCN5CCCC5)c4C)CC3)c12.Cl. The lowest BCUT2D eigenvalue weighted by atomic mass is 10.1. The van der Waals surface area contributed by atoms with E-state index < -0.39 is 0 Å². The Labute approximate surface area is 218 Å². The Balaban J connectivity index is 0.00000289. The molecule has 10 heteroatoms. The second kappa shape index (κ2) is 11.6.